The average Bonchev–Trinajstić information content (AvgIpc) is 2.64. The molecular formula is C22H30Cl2N2. The predicted octanol–water partition coefficient (Wildman–Crippen LogP) is 5.39. The summed E-state index contributed by atoms with van der Waals surface area (Å²) in [5, 5.41) is 0.808. The molecule has 3 rings (SSSR count). The van der Waals surface area contributed by atoms with Gasteiger partial charge in [-0.25, -0.2) is 0 Å². The molecule has 0 saturated carbocycles. The number of anilines is 1. The first kappa shape index (κ1) is 21.1. The fourth-order valence-electron chi connectivity index (χ4n) is 3.59. The molecule has 2 nitrogen and oxygen atoms in total. The lowest BCUT2D eigenvalue weighted by Crippen LogP contribution is -2.47. The van der Waals surface area contributed by atoms with Crippen LogP contribution in [0.3, 0.4) is 0 Å². The number of halogens is 2. The Morgan fingerprint density at radius 3 is 2.27 bits per heavy atom. The van der Waals surface area contributed by atoms with Crippen LogP contribution in [0.15, 0.2) is 42.5 Å². The van der Waals surface area contributed by atoms with Crippen molar-refractivity contribution in [1.82, 2.24) is 4.90 Å². The minimum Gasteiger partial charge on any atom is -0.369 e. The lowest BCUT2D eigenvalue weighted by Gasteiger charge is -2.36. The van der Waals surface area contributed by atoms with Crippen molar-refractivity contribution in [3.63, 3.8) is 0 Å². The largest absolute Gasteiger partial charge is 0.369 e. The number of aryl methyl sites for hydroxylation is 2. The number of piperazine rings is 1. The van der Waals surface area contributed by atoms with E-state index in [0.29, 0.717) is 0 Å². The maximum Gasteiger partial charge on any atom is 0.0407 e. The van der Waals surface area contributed by atoms with Gasteiger partial charge < -0.3 is 4.90 Å². The maximum absolute atomic E-state index is 5.99. The Kier molecular flexibility index (Phi) is 8.27. The number of benzene rings is 2. The molecule has 1 aliphatic rings. The molecule has 1 heterocycles. The third-order valence-corrected chi connectivity index (χ3v) is 5.47. The van der Waals surface area contributed by atoms with Crippen LogP contribution in [0.4, 0.5) is 5.69 Å². The van der Waals surface area contributed by atoms with Gasteiger partial charge in [0.25, 0.3) is 0 Å². The molecule has 26 heavy (non-hydrogen) atoms. The molecule has 0 N–H and O–H groups in total. The van der Waals surface area contributed by atoms with E-state index in [2.05, 4.69) is 54.0 Å². The maximum atomic E-state index is 5.99. The summed E-state index contributed by atoms with van der Waals surface area (Å²) in [7, 11) is 0. The molecule has 0 aromatic heterocycles. The zero-order chi connectivity index (χ0) is 17.6. The van der Waals surface area contributed by atoms with Crippen molar-refractivity contribution in [3.8, 4) is 0 Å². The van der Waals surface area contributed by atoms with Gasteiger partial charge in [0.1, 0.15) is 0 Å². The minimum absolute atomic E-state index is 0. The van der Waals surface area contributed by atoms with Crippen LogP contribution in [-0.2, 0) is 12.8 Å². The van der Waals surface area contributed by atoms with E-state index in [1.165, 1.54) is 35.2 Å². The van der Waals surface area contributed by atoms with Crippen LogP contribution in [0.25, 0.3) is 0 Å². The van der Waals surface area contributed by atoms with Crippen LogP contribution in [0.2, 0.25) is 5.02 Å². The molecule has 142 valence electrons. The molecule has 0 bridgehead atoms. The quantitative estimate of drug-likeness (QED) is 0.650. The molecule has 2 aromatic carbocycles. The normalized spacial score (nSPS) is 15.0. The summed E-state index contributed by atoms with van der Waals surface area (Å²) in [5.74, 6) is 0. The highest BCUT2D eigenvalue weighted by atomic mass is 35.5. The first-order valence-electron chi connectivity index (χ1n) is 9.47. The van der Waals surface area contributed by atoms with Gasteiger partial charge in [-0.2, -0.15) is 0 Å². The van der Waals surface area contributed by atoms with Crippen LogP contribution in [0, 0.1) is 6.92 Å². The third kappa shape index (κ3) is 5.64. The van der Waals surface area contributed by atoms with E-state index in [1.807, 2.05) is 12.1 Å². The monoisotopic (exact) mass is 392 g/mol. The average molecular weight is 393 g/mol. The molecule has 0 radical (unpaired) electrons. The van der Waals surface area contributed by atoms with Crippen molar-refractivity contribution < 1.29 is 0 Å². The number of nitrogens with zero attached hydrogens (tertiary/aromatic N) is 2. The van der Waals surface area contributed by atoms with Gasteiger partial charge in [0, 0.05) is 43.4 Å². The Morgan fingerprint density at radius 2 is 1.62 bits per heavy atom. The van der Waals surface area contributed by atoms with E-state index >= 15 is 0 Å². The van der Waals surface area contributed by atoms with Gasteiger partial charge in [0.05, 0.1) is 0 Å². The second-order valence-corrected chi connectivity index (χ2v) is 7.50. The number of rotatable bonds is 6. The van der Waals surface area contributed by atoms with Gasteiger partial charge in [-0.1, -0.05) is 43.1 Å². The van der Waals surface area contributed by atoms with Crippen LogP contribution in [-0.4, -0.2) is 37.6 Å². The molecule has 0 spiro atoms. The number of hydrogen-bond acceptors (Lipinski definition) is 2. The smallest absolute Gasteiger partial charge is 0.0407 e. The molecule has 1 aliphatic heterocycles. The standard InChI is InChI=1S/C22H29ClN2.ClH/c1-3-4-20-17-19(6-5-18(20)2)11-12-24-13-15-25(16-14-24)22-9-7-21(23)8-10-22;/h5-10,17H,3-4,11-16H2,1-2H3;1H. The topological polar surface area (TPSA) is 6.48 Å². The van der Waals surface area contributed by atoms with Crippen molar-refractivity contribution in [2.24, 2.45) is 0 Å². The van der Waals surface area contributed by atoms with Crippen LogP contribution in [0.5, 0.6) is 0 Å². The van der Waals surface area contributed by atoms with E-state index < -0.39 is 0 Å². The molecule has 2 aromatic rings. The summed E-state index contributed by atoms with van der Waals surface area (Å²) < 4.78 is 0. The summed E-state index contributed by atoms with van der Waals surface area (Å²) in [5.41, 5.74) is 5.72. The summed E-state index contributed by atoms with van der Waals surface area (Å²) in [4.78, 5) is 5.05. The Morgan fingerprint density at radius 1 is 0.923 bits per heavy atom. The first-order valence-corrected chi connectivity index (χ1v) is 9.85. The van der Waals surface area contributed by atoms with E-state index in [9.17, 15) is 0 Å². The van der Waals surface area contributed by atoms with E-state index in [-0.39, 0.29) is 12.4 Å². The van der Waals surface area contributed by atoms with Gasteiger partial charge >= 0.3 is 0 Å². The highest BCUT2D eigenvalue weighted by molar-refractivity contribution is 6.30. The van der Waals surface area contributed by atoms with E-state index in [1.54, 1.807) is 0 Å². The van der Waals surface area contributed by atoms with Crippen molar-refractivity contribution >= 4 is 29.7 Å². The minimum atomic E-state index is 0. The van der Waals surface area contributed by atoms with Gasteiger partial charge in [-0.15, -0.1) is 12.4 Å². The summed E-state index contributed by atoms with van der Waals surface area (Å²) >= 11 is 5.99. The lowest BCUT2D eigenvalue weighted by molar-refractivity contribution is 0.261. The fourth-order valence-corrected chi connectivity index (χ4v) is 3.71. The summed E-state index contributed by atoms with van der Waals surface area (Å²) in [6, 6.07) is 15.2. The summed E-state index contributed by atoms with van der Waals surface area (Å²) in [6.45, 7) is 10.1. The Bertz CT molecular complexity index is 677. The van der Waals surface area contributed by atoms with E-state index in [4.69, 9.17) is 11.6 Å². The van der Waals surface area contributed by atoms with Crippen molar-refractivity contribution in [2.75, 3.05) is 37.6 Å². The Balaban J connectivity index is 0.00000243. The Labute approximate surface area is 169 Å². The predicted molar refractivity (Wildman–Crippen MR) is 116 cm³/mol. The molecule has 1 fully saturated rings. The van der Waals surface area contributed by atoms with Crippen molar-refractivity contribution in [1.29, 1.82) is 0 Å². The molecule has 1 saturated heterocycles. The number of hydrogen-bond donors (Lipinski definition) is 0. The molecule has 0 atom stereocenters. The van der Waals surface area contributed by atoms with Gasteiger partial charge in [0.15, 0.2) is 0 Å². The molecule has 0 unspecified atom stereocenters. The molecule has 4 heteroatoms. The third-order valence-electron chi connectivity index (χ3n) is 5.21. The van der Waals surface area contributed by atoms with Crippen molar-refractivity contribution in [2.45, 2.75) is 33.1 Å². The zero-order valence-electron chi connectivity index (χ0n) is 15.9. The van der Waals surface area contributed by atoms with Gasteiger partial charge in [0.2, 0.25) is 0 Å². The Hall–Kier alpha value is -1.22. The summed E-state index contributed by atoms with van der Waals surface area (Å²) in [6.07, 6.45) is 3.56. The molecule has 0 aliphatic carbocycles. The van der Waals surface area contributed by atoms with Crippen LogP contribution < -0.4 is 4.90 Å². The molecule has 0 amide bonds. The van der Waals surface area contributed by atoms with Crippen LogP contribution in [0.1, 0.15) is 30.0 Å². The second kappa shape index (κ2) is 10.2. The SMILES string of the molecule is CCCc1cc(CCN2CCN(c3ccc(Cl)cc3)CC2)ccc1C.Cl. The van der Waals surface area contributed by atoms with Crippen LogP contribution >= 0.6 is 24.0 Å². The zero-order valence-corrected chi connectivity index (χ0v) is 17.5. The van der Waals surface area contributed by atoms with Crippen molar-refractivity contribution in [3.05, 3.63) is 64.2 Å². The highest BCUT2D eigenvalue weighted by Crippen LogP contribution is 2.20. The first-order chi connectivity index (χ1) is 12.2. The molecular weight excluding hydrogens is 363 g/mol. The fraction of sp³-hybridized carbons (Fsp3) is 0.455. The van der Waals surface area contributed by atoms with Gasteiger partial charge in [-0.3, -0.25) is 4.90 Å². The highest BCUT2D eigenvalue weighted by Gasteiger charge is 2.17. The van der Waals surface area contributed by atoms with Gasteiger partial charge in [-0.05, 0) is 60.7 Å². The lowest BCUT2D eigenvalue weighted by atomic mass is 9.99. The van der Waals surface area contributed by atoms with E-state index in [0.717, 1.165) is 44.2 Å². The second-order valence-electron chi connectivity index (χ2n) is 7.07.